The van der Waals surface area contributed by atoms with Gasteiger partial charge in [0.05, 0.1) is 18.4 Å². The molecule has 2 rings (SSSR count). The lowest BCUT2D eigenvalue weighted by Crippen LogP contribution is -2.03. The third kappa shape index (κ3) is 2.63. The molecule has 5 heteroatoms. The van der Waals surface area contributed by atoms with E-state index in [1.165, 1.54) is 12.1 Å². The van der Waals surface area contributed by atoms with Gasteiger partial charge >= 0.3 is 5.97 Å². The Morgan fingerprint density at radius 1 is 1.41 bits per heavy atom. The van der Waals surface area contributed by atoms with E-state index in [2.05, 4.69) is 5.32 Å². The maximum absolute atomic E-state index is 13.1. The lowest BCUT2D eigenvalue weighted by molar-refractivity contribution is 0.0692. The van der Waals surface area contributed by atoms with Gasteiger partial charge in [-0.3, -0.25) is 0 Å². The number of hydrogen-bond donors (Lipinski definition) is 2. The van der Waals surface area contributed by atoms with Gasteiger partial charge in [0.25, 0.3) is 0 Å². The number of furan rings is 1. The summed E-state index contributed by atoms with van der Waals surface area (Å²) in [5.41, 5.74) is 0.176. The zero-order valence-corrected chi connectivity index (χ0v) is 8.81. The van der Waals surface area contributed by atoms with Crippen LogP contribution in [-0.2, 0) is 6.54 Å². The van der Waals surface area contributed by atoms with Crippen molar-refractivity contribution in [2.24, 2.45) is 0 Å². The van der Waals surface area contributed by atoms with Crippen LogP contribution in [0.1, 0.15) is 16.1 Å². The third-order valence-corrected chi connectivity index (χ3v) is 2.24. The Labute approximate surface area is 96.7 Å². The molecule has 0 amide bonds. The molecule has 1 aromatic heterocycles. The summed E-state index contributed by atoms with van der Waals surface area (Å²) in [5.74, 6) is -1.32. The van der Waals surface area contributed by atoms with E-state index in [4.69, 9.17) is 9.52 Å². The molecule has 17 heavy (non-hydrogen) atoms. The average molecular weight is 235 g/mol. The summed E-state index contributed by atoms with van der Waals surface area (Å²) >= 11 is 0. The molecule has 0 aliphatic heterocycles. The van der Waals surface area contributed by atoms with Gasteiger partial charge < -0.3 is 14.8 Å². The fourth-order valence-corrected chi connectivity index (χ4v) is 1.40. The van der Waals surface area contributed by atoms with Crippen molar-refractivity contribution >= 4 is 11.7 Å². The molecule has 88 valence electrons. The molecule has 0 saturated heterocycles. The van der Waals surface area contributed by atoms with Crippen LogP contribution in [-0.4, -0.2) is 11.1 Å². The van der Waals surface area contributed by atoms with Gasteiger partial charge in [-0.25, -0.2) is 9.18 Å². The molecule has 0 bridgehead atoms. The number of aromatic carboxylic acids is 1. The molecule has 0 aliphatic rings. The van der Waals surface area contributed by atoms with Crippen LogP contribution in [0.5, 0.6) is 0 Å². The number of hydrogen-bond acceptors (Lipinski definition) is 3. The van der Waals surface area contributed by atoms with Crippen LogP contribution in [0, 0.1) is 5.82 Å². The van der Waals surface area contributed by atoms with E-state index in [0.717, 1.165) is 6.07 Å². The normalized spacial score (nSPS) is 10.2. The van der Waals surface area contributed by atoms with Crippen molar-refractivity contribution in [3.05, 3.63) is 53.7 Å². The smallest absolute Gasteiger partial charge is 0.338 e. The van der Waals surface area contributed by atoms with Gasteiger partial charge in [-0.1, -0.05) is 0 Å². The second-order valence-electron chi connectivity index (χ2n) is 3.43. The Morgan fingerprint density at radius 2 is 2.24 bits per heavy atom. The van der Waals surface area contributed by atoms with Gasteiger partial charge in [-0.15, -0.1) is 0 Å². The highest BCUT2D eigenvalue weighted by atomic mass is 19.1. The monoisotopic (exact) mass is 235 g/mol. The molecule has 0 spiro atoms. The van der Waals surface area contributed by atoms with E-state index in [0.29, 0.717) is 18.0 Å². The number of nitrogens with one attached hydrogen (secondary N) is 1. The first-order valence-electron chi connectivity index (χ1n) is 4.96. The largest absolute Gasteiger partial charge is 0.478 e. The highest BCUT2D eigenvalue weighted by Crippen LogP contribution is 2.15. The van der Waals surface area contributed by atoms with Crippen molar-refractivity contribution in [1.29, 1.82) is 0 Å². The van der Waals surface area contributed by atoms with Crippen LogP contribution in [0.2, 0.25) is 0 Å². The molecule has 0 radical (unpaired) electrons. The van der Waals surface area contributed by atoms with Crippen molar-refractivity contribution in [3.8, 4) is 0 Å². The predicted octanol–water partition coefficient (Wildman–Crippen LogP) is 2.73. The minimum absolute atomic E-state index is 0.352. The quantitative estimate of drug-likeness (QED) is 0.855. The minimum atomic E-state index is -1.29. The summed E-state index contributed by atoms with van der Waals surface area (Å²) in [5, 5.41) is 11.7. The number of carboxylic acids is 1. The SMILES string of the molecule is O=C(O)c1cc(NCc2ccco2)ccc1F. The van der Waals surface area contributed by atoms with E-state index in [9.17, 15) is 9.18 Å². The lowest BCUT2D eigenvalue weighted by atomic mass is 10.2. The van der Waals surface area contributed by atoms with Crippen molar-refractivity contribution in [3.63, 3.8) is 0 Å². The molecule has 2 aromatic rings. The molecule has 0 saturated carbocycles. The number of anilines is 1. The highest BCUT2D eigenvalue weighted by Gasteiger charge is 2.10. The molecule has 0 aliphatic carbocycles. The zero-order valence-electron chi connectivity index (χ0n) is 8.81. The number of carboxylic acid groups (broad SMARTS) is 1. The molecular formula is C12H10FNO3. The Balaban J connectivity index is 2.11. The summed E-state index contributed by atoms with van der Waals surface area (Å²) in [4.78, 5) is 10.7. The van der Waals surface area contributed by atoms with Crippen molar-refractivity contribution < 1.29 is 18.7 Å². The summed E-state index contributed by atoms with van der Waals surface area (Å²) in [6.07, 6.45) is 1.55. The maximum atomic E-state index is 13.1. The van der Waals surface area contributed by atoms with Gasteiger partial charge in [0.1, 0.15) is 11.6 Å². The van der Waals surface area contributed by atoms with Gasteiger partial charge in [0.15, 0.2) is 0 Å². The molecule has 0 fully saturated rings. The Hall–Kier alpha value is -2.30. The number of rotatable bonds is 4. The second-order valence-corrected chi connectivity index (χ2v) is 3.43. The first kappa shape index (κ1) is 11.2. The highest BCUT2D eigenvalue weighted by molar-refractivity contribution is 5.89. The van der Waals surface area contributed by atoms with E-state index in [1.807, 2.05) is 0 Å². The van der Waals surface area contributed by atoms with Crippen molar-refractivity contribution in [1.82, 2.24) is 0 Å². The summed E-state index contributed by atoms with van der Waals surface area (Å²) in [7, 11) is 0. The Morgan fingerprint density at radius 3 is 2.88 bits per heavy atom. The molecule has 0 unspecified atom stereocenters. The average Bonchev–Trinajstić information content (AvgIpc) is 2.80. The number of benzene rings is 1. The third-order valence-electron chi connectivity index (χ3n) is 2.24. The molecular weight excluding hydrogens is 225 g/mol. The van der Waals surface area contributed by atoms with Gasteiger partial charge in [0, 0.05) is 5.69 Å². The first-order valence-corrected chi connectivity index (χ1v) is 4.96. The fraction of sp³-hybridized carbons (Fsp3) is 0.0833. The molecule has 4 nitrogen and oxygen atoms in total. The van der Waals surface area contributed by atoms with Gasteiger partial charge in [-0.2, -0.15) is 0 Å². The van der Waals surface area contributed by atoms with Crippen LogP contribution in [0.15, 0.2) is 41.0 Å². The number of carbonyl (C=O) groups is 1. The van der Waals surface area contributed by atoms with E-state index < -0.39 is 11.8 Å². The first-order chi connectivity index (χ1) is 8.16. The second kappa shape index (κ2) is 4.69. The predicted molar refractivity (Wildman–Crippen MR) is 59.4 cm³/mol. The lowest BCUT2D eigenvalue weighted by Gasteiger charge is -2.06. The van der Waals surface area contributed by atoms with Crippen LogP contribution in [0.4, 0.5) is 10.1 Å². The zero-order chi connectivity index (χ0) is 12.3. The summed E-state index contributed by atoms with van der Waals surface area (Å²) < 4.78 is 18.2. The number of halogens is 1. The standard InChI is InChI=1S/C12H10FNO3/c13-11-4-3-8(6-10(11)12(15)16)14-7-9-2-1-5-17-9/h1-6,14H,7H2,(H,15,16). The fourth-order valence-electron chi connectivity index (χ4n) is 1.40. The summed E-state index contributed by atoms with van der Waals surface area (Å²) in [6, 6.07) is 7.39. The van der Waals surface area contributed by atoms with Crippen LogP contribution in [0.3, 0.4) is 0 Å². The Kier molecular flexibility index (Phi) is 3.09. The maximum Gasteiger partial charge on any atom is 0.338 e. The van der Waals surface area contributed by atoms with Crippen molar-refractivity contribution in [2.45, 2.75) is 6.54 Å². The minimum Gasteiger partial charge on any atom is -0.478 e. The van der Waals surface area contributed by atoms with E-state index in [1.54, 1.807) is 18.4 Å². The molecule has 1 aromatic carbocycles. The molecule has 0 atom stereocenters. The Bertz CT molecular complexity index is 523. The van der Waals surface area contributed by atoms with Crippen LogP contribution >= 0.6 is 0 Å². The van der Waals surface area contributed by atoms with Crippen LogP contribution < -0.4 is 5.32 Å². The van der Waals surface area contributed by atoms with Gasteiger partial charge in [0.2, 0.25) is 0 Å². The molecule has 2 N–H and O–H groups in total. The van der Waals surface area contributed by atoms with Crippen molar-refractivity contribution in [2.75, 3.05) is 5.32 Å². The van der Waals surface area contributed by atoms with Crippen LogP contribution in [0.25, 0.3) is 0 Å². The van der Waals surface area contributed by atoms with E-state index in [-0.39, 0.29) is 5.56 Å². The molecule has 1 heterocycles. The van der Waals surface area contributed by atoms with E-state index >= 15 is 0 Å². The summed E-state index contributed by atoms with van der Waals surface area (Å²) in [6.45, 7) is 0.414. The van der Waals surface area contributed by atoms with Gasteiger partial charge in [-0.05, 0) is 30.3 Å². The topological polar surface area (TPSA) is 62.5 Å².